The van der Waals surface area contributed by atoms with Gasteiger partial charge in [0.1, 0.15) is 0 Å². The molecule has 1 aromatic rings. The Morgan fingerprint density at radius 1 is 1.14 bits per heavy atom. The van der Waals surface area contributed by atoms with Crippen molar-refractivity contribution >= 4 is 5.95 Å². The summed E-state index contributed by atoms with van der Waals surface area (Å²) in [5.74, 6) is 2.10. The van der Waals surface area contributed by atoms with Crippen molar-refractivity contribution in [3.8, 4) is 0 Å². The molecule has 3 N–H and O–H groups in total. The van der Waals surface area contributed by atoms with Gasteiger partial charge in [0.2, 0.25) is 5.95 Å². The minimum Gasteiger partial charge on any atom is -0.341 e. The number of hydrazine groups is 1. The molecule has 6 nitrogen and oxygen atoms in total. The molecule has 0 bridgehead atoms. The average molecular weight is 302 g/mol. The molecule has 2 atom stereocenters. The zero-order chi connectivity index (χ0) is 14.8. The van der Waals surface area contributed by atoms with Crippen LogP contribution in [0, 0.1) is 5.92 Å². The van der Waals surface area contributed by atoms with E-state index in [0.717, 1.165) is 44.6 Å². The third-order valence-corrected chi connectivity index (χ3v) is 5.35. The van der Waals surface area contributed by atoms with Crippen LogP contribution in [0.3, 0.4) is 0 Å². The molecule has 2 unspecified atom stereocenters. The summed E-state index contributed by atoms with van der Waals surface area (Å²) in [5.41, 5.74) is 8.07. The Bertz CT molecular complexity index is 495. The maximum absolute atomic E-state index is 4.90. The lowest BCUT2D eigenvalue weighted by Gasteiger charge is -2.31. The van der Waals surface area contributed by atoms with Crippen LogP contribution in [-0.2, 0) is 0 Å². The highest BCUT2D eigenvalue weighted by Gasteiger charge is 2.36. The Morgan fingerprint density at radius 3 is 2.77 bits per heavy atom. The lowest BCUT2D eigenvalue weighted by atomic mass is 9.82. The fraction of sp³-hybridized carbons (Fsp3) is 0.750. The number of nitrogens with one attached hydrogen (secondary N) is 3. The summed E-state index contributed by atoms with van der Waals surface area (Å²) in [5, 5.41) is 3.46. The van der Waals surface area contributed by atoms with Crippen LogP contribution in [0.5, 0.6) is 0 Å². The van der Waals surface area contributed by atoms with Gasteiger partial charge in [0.15, 0.2) is 0 Å². The molecule has 0 aromatic carbocycles. The van der Waals surface area contributed by atoms with E-state index in [0.29, 0.717) is 12.0 Å². The van der Waals surface area contributed by atoms with Crippen LogP contribution in [0.1, 0.15) is 37.3 Å². The van der Waals surface area contributed by atoms with Crippen molar-refractivity contribution in [1.29, 1.82) is 0 Å². The van der Waals surface area contributed by atoms with Crippen molar-refractivity contribution in [2.24, 2.45) is 5.92 Å². The van der Waals surface area contributed by atoms with Gasteiger partial charge >= 0.3 is 0 Å². The molecule has 0 radical (unpaired) electrons. The summed E-state index contributed by atoms with van der Waals surface area (Å²) >= 11 is 0. The van der Waals surface area contributed by atoms with Crippen molar-refractivity contribution in [3.63, 3.8) is 0 Å². The molecule has 3 saturated heterocycles. The summed E-state index contributed by atoms with van der Waals surface area (Å²) in [6, 6.07) is 2.59. The Kier molecular flexibility index (Phi) is 4.23. The molecule has 0 saturated carbocycles. The third kappa shape index (κ3) is 2.83. The Labute approximate surface area is 132 Å². The number of hydrogen-bond acceptors (Lipinski definition) is 6. The number of rotatable bonds is 3. The van der Waals surface area contributed by atoms with Crippen molar-refractivity contribution in [2.75, 3.05) is 37.6 Å². The summed E-state index contributed by atoms with van der Waals surface area (Å²) in [6.07, 6.45) is 6.96. The van der Waals surface area contributed by atoms with Gasteiger partial charge in [-0.15, -0.1) is 0 Å². The van der Waals surface area contributed by atoms with Gasteiger partial charge in [-0.2, -0.15) is 0 Å². The summed E-state index contributed by atoms with van der Waals surface area (Å²) in [7, 11) is 0. The first-order chi connectivity index (χ1) is 10.9. The lowest BCUT2D eigenvalue weighted by molar-refractivity contribution is 0.278. The number of piperidine rings is 1. The van der Waals surface area contributed by atoms with Crippen LogP contribution < -0.4 is 21.1 Å². The van der Waals surface area contributed by atoms with Crippen molar-refractivity contribution < 1.29 is 0 Å². The molecule has 0 spiro atoms. The zero-order valence-corrected chi connectivity index (χ0v) is 13.1. The van der Waals surface area contributed by atoms with Gasteiger partial charge in [0, 0.05) is 37.8 Å². The number of aromatic nitrogens is 2. The lowest BCUT2D eigenvalue weighted by Crippen LogP contribution is -2.42. The van der Waals surface area contributed by atoms with Gasteiger partial charge < -0.3 is 10.2 Å². The Morgan fingerprint density at radius 2 is 1.95 bits per heavy atom. The van der Waals surface area contributed by atoms with Gasteiger partial charge in [-0.1, -0.05) is 0 Å². The topological polar surface area (TPSA) is 65.1 Å². The normalized spacial score (nSPS) is 30.1. The second-order valence-corrected chi connectivity index (χ2v) is 6.72. The summed E-state index contributed by atoms with van der Waals surface area (Å²) in [6.45, 7) is 5.44. The fourth-order valence-corrected chi connectivity index (χ4v) is 4.09. The van der Waals surface area contributed by atoms with Gasteiger partial charge in [0.05, 0.1) is 5.69 Å². The highest BCUT2D eigenvalue weighted by molar-refractivity contribution is 5.33. The van der Waals surface area contributed by atoms with Crippen LogP contribution in [0.15, 0.2) is 12.3 Å². The highest BCUT2D eigenvalue weighted by atomic mass is 15.4. The van der Waals surface area contributed by atoms with Gasteiger partial charge in [-0.3, -0.25) is 10.9 Å². The predicted octanol–water partition coefficient (Wildman–Crippen LogP) is 0.636. The second-order valence-electron chi connectivity index (χ2n) is 6.72. The van der Waals surface area contributed by atoms with E-state index in [2.05, 4.69) is 32.1 Å². The summed E-state index contributed by atoms with van der Waals surface area (Å²) < 4.78 is 0. The second kappa shape index (κ2) is 6.48. The van der Waals surface area contributed by atoms with Crippen LogP contribution in [0.25, 0.3) is 0 Å². The predicted molar refractivity (Wildman–Crippen MR) is 86.7 cm³/mol. The maximum Gasteiger partial charge on any atom is 0.225 e. The highest BCUT2D eigenvalue weighted by Crippen LogP contribution is 2.30. The van der Waals surface area contributed by atoms with Crippen LogP contribution in [-0.4, -0.2) is 48.7 Å². The molecule has 120 valence electrons. The molecule has 0 aliphatic carbocycles. The van der Waals surface area contributed by atoms with Crippen LogP contribution in [0.2, 0.25) is 0 Å². The van der Waals surface area contributed by atoms with Crippen LogP contribution >= 0.6 is 0 Å². The van der Waals surface area contributed by atoms with Gasteiger partial charge in [-0.05, 0) is 50.8 Å². The van der Waals surface area contributed by atoms with Crippen molar-refractivity contribution in [1.82, 2.24) is 26.1 Å². The average Bonchev–Trinajstić information content (AvgIpc) is 3.27. The number of anilines is 1. The van der Waals surface area contributed by atoms with E-state index in [-0.39, 0.29) is 0 Å². The molecule has 3 aliphatic heterocycles. The quantitative estimate of drug-likeness (QED) is 0.761. The Hall–Kier alpha value is -1.24. The largest absolute Gasteiger partial charge is 0.341 e. The summed E-state index contributed by atoms with van der Waals surface area (Å²) in [4.78, 5) is 11.7. The van der Waals surface area contributed by atoms with E-state index < -0.39 is 0 Å². The molecular weight excluding hydrogens is 276 g/mol. The first-order valence-corrected chi connectivity index (χ1v) is 8.69. The molecule has 4 rings (SSSR count). The molecule has 3 fully saturated rings. The van der Waals surface area contributed by atoms with Crippen molar-refractivity contribution in [2.45, 2.75) is 37.6 Å². The van der Waals surface area contributed by atoms with Crippen LogP contribution in [0.4, 0.5) is 5.95 Å². The molecule has 1 aromatic heterocycles. The number of nitrogens with zero attached hydrogens (tertiary/aromatic N) is 3. The van der Waals surface area contributed by atoms with E-state index in [1.807, 2.05) is 6.20 Å². The van der Waals surface area contributed by atoms with Gasteiger partial charge in [-0.25, -0.2) is 9.97 Å². The van der Waals surface area contributed by atoms with E-state index in [1.165, 1.54) is 31.4 Å². The zero-order valence-electron chi connectivity index (χ0n) is 13.1. The molecule has 6 heteroatoms. The first kappa shape index (κ1) is 14.4. The SMILES string of the molecule is c1cc(C2CNNC2C2CCNCC2)nc(N2CCCC2)n1. The minimum atomic E-state index is 0.451. The molecule has 3 aliphatic rings. The molecule has 0 amide bonds. The third-order valence-electron chi connectivity index (χ3n) is 5.35. The standard InChI is InChI=1S/C16H26N6/c1-2-10-22(9-1)16-18-8-5-14(20-16)13-11-19-21-15(13)12-3-6-17-7-4-12/h5,8,12-13,15,17,19,21H,1-4,6-7,9-11H2. The molecule has 4 heterocycles. The fourth-order valence-electron chi connectivity index (χ4n) is 4.09. The van der Waals surface area contributed by atoms with Gasteiger partial charge in [0.25, 0.3) is 0 Å². The van der Waals surface area contributed by atoms with E-state index >= 15 is 0 Å². The smallest absolute Gasteiger partial charge is 0.225 e. The first-order valence-electron chi connectivity index (χ1n) is 8.69. The Balaban J connectivity index is 1.53. The van der Waals surface area contributed by atoms with E-state index in [9.17, 15) is 0 Å². The molecule has 22 heavy (non-hydrogen) atoms. The van der Waals surface area contributed by atoms with E-state index in [1.54, 1.807) is 0 Å². The van der Waals surface area contributed by atoms with E-state index in [4.69, 9.17) is 4.98 Å². The maximum atomic E-state index is 4.90. The monoisotopic (exact) mass is 302 g/mol. The number of hydrogen-bond donors (Lipinski definition) is 3. The van der Waals surface area contributed by atoms with Crippen molar-refractivity contribution in [3.05, 3.63) is 18.0 Å². The molecular formula is C16H26N6. The minimum absolute atomic E-state index is 0.451.